The second-order valence-corrected chi connectivity index (χ2v) is 5.59. The van der Waals surface area contributed by atoms with Gasteiger partial charge in [0.1, 0.15) is 5.70 Å². The lowest BCUT2D eigenvalue weighted by atomic mass is 10.2. The van der Waals surface area contributed by atoms with Crippen LogP contribution in [0.4, 0.5) is 10.5 Å². The van der Waals surface area contributed by atoms with Crippen LogP contribution in [0.15, 0.2) is 54.0 Å². The molecule has 1 fully saturated rings. The third-order valence-corrected chi connectivity index (χ3v) is 3.97. The minimum absolute atomic E-state index is 0.00283. The Bertz CT molecular complexity index is 683. The van der Waals surface area contributed by atoms with Crippen LogP contribution in [0.2, 0.25) is 0 Å². The molecule has 0 unspecified atom stereocenters. The second kappa shape index (κ2) is 6.04. The number of anilines is 1. The molecule has 1 atom stereocenters. The summed E-state index contributed by atoms with van der Waals surface area (Å²) in [6.07, 6.45) is 0.834. The maximum Gasteiger partial charge on any atom is 0.323 e. The van der Waals surface area contributed by atoms with Gasteiger partial charge in [0.2, 0.25) is 0 Å². The van der Waals surface area contributed by atoms with E-state index in [1.54, 1.807) is 0 Å². The SMILES string of the molecule is C=C1NC(=O)NC(C(=O)N[C@H]2CCN(c3ccccc3)C2)=C1N. The van der Waals surface area contributed by atoms with Gasteiger partial charge in [-0.3, -0.25) is 4.79 Å². The molecule has 23 heavy (non-hydrogen) atoms. The van der Waals surface area contributed by atoms with Crippen LogP contribution in [-0.2, 0) is 4.79 Å². The van der Waals surface area contributed by atoms with E-state index in [1.165, 1.54) is 0 Å². The number of amides is 3. The highest BCUT2D eigenvalue weighted by atomic mass is 16.2. The molecule has 0 spiro atoms. The lowest BCUT2D eigenvalue weighted by Crippen LogP contribution is -2.49. The highest BCUT2D eigenvalue weighted by Gasteiger charge is 2.28. The first-order chi connectivity index (χ1) is 11.0. The van der Waals surface area contributed by atoms with Gasteiger partial charge in [-0.05, 0) is 18.6 Å². The molecule has 1 aromatic carbocycles. The summed E-state index contributed by atoms with van der Waals surface area (Å²) in [6.45, 7) is 5.20. The Balaban J connectivity index is 1.64. The number of benzene rings is 1. The highest BCUT2D eigenvalue weighted by molar-refractivity contribution is 6.00. The molecule has 5 N–H and O–H groups in total. The molecular formula is C16H19N5O2. The summed E-state index contributed by atoms with van der Waals surface area (Å²) in [6, 6.07) is 9.53. The molecule has 0 aromatic heterocycles. The summed E-state index contributed by atoms with van der Waals surface area (Å²) in [5.74, 6) is -0.390. The molecule has 0 saturated carbocycles. The van der Waals surface area contributed by atoms with Crippen LogP contribution in [0.5, 0.6) is 0 Å². The van der Waals surface area contributed by atoms with Crippen molar-refractivity contribution in [3.63, 3.8) is 0 Å². The summed E-state index contributed by atoms with van der Waals surface area (Å²) < 4.78 is 0. The molecule has 0 radical (unpaired) electrons. The minimum atomic E-state index is -0.508. The average molecular weight is 313 g/mol. The number of nitrogens with one attached hydrogen (secondary N) is 3. The fourth-order valence-corrected chi connectivity index (χ4v) is 2.76. The van der Waals surface area contributed by atoms with Gasteiger partial charge < -0.3 is 26.6 Å². The molecule has 7 nitrogen and oxygen atoms in total. The summed E-state index contributed by atoms with van der Waals surface area (Å²) in [5.41, 5.74) is 7.38. The minimum Gasteiger partial charge on any atom is -0.395 e. The van der Waals surface area contributed by atoms with Crippen LogP contribution < -0.4 is 26.6 Å². The van der Waals surface area contributed by atoms with Gasteiger partial charge in [-0.2, -0.15) is 0 Å². The molecule has 7 heteroatoms. The third kappa shape index (κ3) is 3.13. The molecule has 2 aliphatic heterocycles. The Morgan fingerprint density at radius 2 is 2.04 bits per heavy atom. The van der Waals surface area contributed by atoms with Crippen LogP contribution in [0.3, 0.4) is 0 Å². The number of para-hydroxylation sites is 1. The van der Waals surface area contributed by atoms with E-state index < -0.39 is 11.9 Å². The van der Waals surface area contributed by atoms with Crippen molar-refractivity contribution < 1.29 is 9.59 Å². The lowest BCUT2D eigenvalue weighted by molar-refractivity contribution is -0.118. The van der Waals surface area contributed by atoms with Crippen molar-refractivity contribution in [2.75, 3.05) is 18.0 Å². The number of carbonyl (C=O) groups excluding carboxylic acids is 2. The Morgan fingerprint density at radius 3 is 2.78 bits per heavy atom. The van der Waals surface area contributed by atoms with Crippen LogP contribution in [0.25, 0.3) is 0 Å². The molecule has 1 saturated heterocycles. The number of urea groups is 1. The molecular weight excluding hydrogens is 294 g/mol. The largest absolute Gasteiger partial charge is 0.395 e. The lowest BCUT2D eigenvalue weighted by Gasteiger charge is -2.23. The van der Waals surface area contributed by atoms with Gasteiger partial charge in [-0.1, -0.05) is 24.8 Å². The van der Waals surface area contributed by atoms with Gasteiger partial charge in [0.05, 0.1) is 11.4 Å². The van der Waals surface area contributed by atoms with Crippen molar-refractivity contribution in [2.45, 2.75) is 12.5 Å². The molecule has 1 aromatic rings. The topological polar surface area (TPSA) is 99.5 Å². The zero-order valence-electron chi connectivity index (χ0n) is 12.6. The fourth-order valence-electron chi connectivity index (χ4n) is 2.76. The van der Waals surface area contributed by atoms with E-state index in [9.17, 15) is 9.59 Å². The monoisotopic (exact) mass is 313 g/mol. The first-order valence-corrected chi connectivity index (χ1v) is 7.42. The zero-order chi connectivity index (χ0) is 16.4. The molecule has 0 bridgehead atoms. The molecule has 3 rings (SSSR count). The third-order valence-electron chi connectivity index (χ3n) is 3.97. The van der Waals surface area contributed by atoms with E-state index >= 15 is 0 Å². The average Bonchev–Trinajstić information content (AvgIpc) is 3.00. The van der Waals surface area contributed by atoms with Crippen molar-refractivity contribution in [3.8, 4) is 0 Å². The molecule has 0 aliphatic carbocycles. The van der Waals surface area contributed by atoms with Gasteiger partial charge in [-0.25, -0.2) is 4.79 Å². The Morgan fingerprint density at radius 1 is 1.30 bits per heavy atom. The van der Waals surface area contributed by atoms with Crippen LogP contribution in [0, 0.1) is 0 Å². The smallest absolute Gasteiger partial charge is 0.323 e. The van der Waals surface area contributed by atoms with Crippen molar-refractivity contribution in [3.05, 3.63) is 54.0 Å². The van der Waals surface area contributed by atoms with E-state index in [-0.39, 0.29) is 23.1 Å². The maximum atomic E-state index is 12.3. The van der Waals surface area contributed by atoms with Gasteiger partial charge in [0, 0.05) is 24.8 Å². The summed E-state index contributed by atoms with van der Waals surface area (Å²) in [7, 11) is 0. The van der Waals surface area contributed by atoms with Crippen molar-refractivity contribution in [1.29, 1.82) is 0 Å². The first kappa shape index (κ1) is 15.0. The molecule has 2 aliphatic rings. The summed E-state index contributed by atoms with van der Waals surface area (Å²) in [5, 5.41) is 7.77. The van der Waals surface area contributed by atoms with E-state index in [4.69, 9.17) is 5.73 Å². The number of carbonyl (C=O) groups is 2. The number of hydrogen-bond donors (Lipinski definition) is 4. The van der Waals surface area contributed by atoms with Gasteiger partial charge in [-0.15, -0.1) is 0 Å². The fraction of sp³-hybridized carbons (Fsp3) is 0.250. The number of hydrogen-bond acceptors (Lipinski definition) is 4. The zero-order valence-corrected chi connectivity index (χ0v) is 12.6. The van der Waals surface area contributed by atoms with Gasteiger partial charge in [0.15, 0.2) is 0 Å². The normalized spacial score (nSPS) is 21.0. The summed E-state index contributed by atoms with van der Waals surface area (Å²) in [4.78, 5) is 26.0. The Kier molecular flexibility index (Phi) is 3.92. The first-order valence-electron chi connectivity index (χ1n) is 7.42. The van der Waals surface area contributed by atoms with E-state index in [1.807, 2.05) is 30.3 Å². The van der Waals surface area contributed by atoms with E-state index in [0.29, 0.717) is 0 Å². The van der Waals surface area contributed by atoms with Crippen LogP contribution in [-0.4, -0.2) is 31.1 Å². The van der Waals surface area contributed by atoms with Crippen LogP contribution >= 0.6 is 0 Å². The molecule has 120 valence electrons. The predicted octanol–water partition coefficient (Wildman–Crippen LogP) is 0.378. The van der Waals surface area contributed by atoms with Crippen molar-refractivity contribution in [2.24, 2.45) is 5.73 Å². The highest BCUT2D eigenvalue weighted by Crippen LogP contribution is 2.20. The van der Waals surface area contributed by atoms with E-state index in [2.05, 4.69) is 27.4 Å². The number of nitrogens with two attached hydrogens (primary N) is 1. The number of rotatable bonds is 3. The quantitative estimate of drug-likeness (QED) is 0.648. The van der Waals surface area contributed by atoms with Crippen LogP contribution in [0.1, 0.15) is 6.42 Å². The summed E-state index contributed by atoms with van der Waals surface area (Å²) >= 11 is 0. The van der Waals surface area contributed by atoms with Gasteiger partial charge >= 0.3 is 6.03 Å². The van der Waals surface area contributed by atoms with E-state index in [0.717, 1.165) is 25.2 Å². The molecule has 3 amide bonds. The standard InChI is InChI=1S/C16H19N5O2/c1-10-13(17)14(20-16(23)18-10)15(22)19-11-7-8-21(9-11)12-5-3-2-4-6-12/h2-6,11H,1,7-9,17H2,(H,19,22)(H2,18,20,23)/t11-/m0/s1. The predicted molar refractivity (Wildman–Crippen MR) is 87.2 cm³/mol. The van der Waals surface area contributed by atoms with Crippen molar-refractivity contribution in [1.82, 2.24) is 16.0 Å². The number of nitrogens with zero attached hydrogens (tertiary/aromatic N) is 1. The Hall–Kier alpha value is -2.96. The Labute approximate surface area is 134 Å². The van der Waals surface area contributed by atoms with Crippen molar-refractivity contribution >= 4 is 17.6 Å². The second-order valence-electron chi connectivity index (χ2n) is 5.59. The molecule has 2 heterocycles. The maximum absolute atomic E-state index is 12.3. The van der Waals surface area contributed by atoms with Gasteiger partial charge in [0.25, 0.3) is 5.91 Å².